The third-order valence-corrected chi connectivity index (χ3v) is 5.21. The normalized spacial score (nSPS) is 27.3. The standard InChI is InChI=1S/C17H25NO/c1-19-15-9-8-12-6-7-14(11-18)17(16(12)10-15)13-4-2-3-5-13/h8-10,13-14,17H,2-7,11,18H2,1H3. The number of ether oxygens (including phenoxy) is 1. The monoisotopic (exact) mass is 259 g/mol. The van der Waals surface area contributed by atoms with E-state index in [1.54, 1.807) is 7.11 Å². The minimum absolute atomic E-state index is 0.669. The van der Waals surface area contributed by atoms with Crippen molar-refractivity contribution >= 4 is 0 Å². The molecule has 2 atom stereocenters. The van der Waals surface area contributed by atoms with Crippen molar-refractivity contribution in [2.24, 2.45) is 17.6 Å². The Morgan fingerprint density at radius 3 is 2.68 bits per heavy atom. The number of hydrogen-bond acceptors (Lipinski definition) is 2. The van der Waals surface area contributed by atoms with Gasteiger partial charge >= 0.3 is 0 Å². The third-order valence-electron chi connectivity index (χ3n) is 5.21. The Morgan fingerprint density at radius 2 is 2.00 bits per heavy atom. The second-order valence-corrected chi connectivity index (χ2v) is 6.17. The highest BCUT2D eigenvalue weighted by Gasteiger charge is 2.36. The lowest BCUT2D eigenvalue weighted by Crippen LogP contribution is -2.31. The van der Waals surface area contributed by atoms with Crippen LogP contribution in [0.4, 0.5) is 0 Å². The number of benzene rings is 1. The molecule has 0 bridgehead atoms. The maximum atomic E-state index is 6.06. The Balaban J connectivity index is 1.98. The fourth-order valence-electron chi connectivity index (χ4n) is 4.23. The van der Waals surface area contributed by atoms with Crippen LogP contribution in [0.3, 0.4) is 0 Å². The zero-order chi connectivity index (χ0) is 13.2. The molecule has 0 heterocycles. The van der Waals surface area contributed by atoms with Gasteiger partial charge in [-0.2, -0.15) is 0 Å². The molecule has 0 spiro atoms. The Bertz CT molecular complexity index is 437. The van der Waals surface area contributed by atoms with Crippen LogP contribution in [0.25, 0.3) is 0 Å². The zero-order valence-electron chi connectivity index (χ0n) is 11.9. The van der Waals surface area contributed by atoms with Gasteiger partial charge in [0.25, 0.3) is 0 Å². The fraction of sp³-hybridized carbons (Fsp3) is 0.647. The van der Waals surface area contributed by atoms with Crippen LogP contribution in [0, 0.1) is 11.8 Å². The lowest BCUT2D eigenvalue weighted by molar-refractivity contribution is 0.284. The molecule has 0 amide bonds. The van der Waals surface area contributed by atoms with Crippen LogP contribution in [0.5, 0.6) is 5.75 Å². The fourth-order valence-corrected chi connectivity index (χ4v) is 4.23. The van der Waals surface area contributed by atoms with E-state index in [0.29, 0.717) is 11.8 Å². The van der Waals surface area contributed by atoms with Gasteiger partial charge in [0.2, 0.25) is 0 Å². The summed E-state index contributed by atoms with van der Waals surface area (Å²) < 4.78 is 5.43. The van der Waals surface area contributed by atoms with E-state index >= 15 is 0 Å². The zero-order valence-corrected chi connectivity index (χ0v) is 11.9. The van der Waals surface area contributed by atoms with Crippen LogP contribution in [-0.4, -0.2) is 13.7 Å². The highest BCUT2D eigenvalue weighted by Crippen LogP contribution is 2.47. The summed E-state index contributed by atoms with van der Waals surface area (Å²) >= 11 is 0. The van der Waals surface area contributed by atoms with Crippen LogP contribution < -0.4 is 10.5 Å². The number of methoxy groups -OCH3 is 1. The average molecular weight is 259 g/mol. The van der Waals surface area contributed by atoms with Crippen LogP contribution >= 0.6 is 0 Å². The van der Waals surface area contributed by atoms with Crippen LogP contribution in [0.15, 0.2) is 18.2 Å². The molecule has 0 radical (unpaired) electrons. The van der Waals surface area contributed by atoms with Gasteiger partial charge in [-0.3, -0.25) is 0 Å². The number of hydrogen-bond donors (Lipinski definition) is 1. The number of rotatable bonds is 3. The van der Waals surface area contributed by atoms with Gasteiger partial charge in [-0.1, -0.05) is 18.9 Å². The molecule has 1 fully saturated rings. The van der Waals surface area contributed by atoms with Crippen molar-refractivity contribution in [1.29, 1.82) is 0 Å². The van der Waals surface area contributed by atoms with Gasteiger partial charge in [0.05, 0.1) is 7.11 Å². The lowest BCUT2D eigenvalue weighted by atomic mass is 9.68. The van der Waals surface area contributed by atoms with E-state index in [-0.39, 0.29) is 0 Å². The molecule has 19 heavy (non-hydrogen) atoms. The van der Waals surface area contributed by atoms with E-state index in [9.17, 15) is 0 Å². The van der Waals surface area contributed by atoms with Gasteiger partial charge in [0.1, 0.15) is 5.75 Å². The molecule has 2 unspecified atom stereocenters. The van der Waals surface area contributed by atoms with E-state index in [1.165, 1.54) is 49.7 Å². The Kier molecular flexibility index (Phi) is 3.79. The first-order valence-electron chi connectivity index (χ1n) is 7.70. The predicted molar refractivity (Wildman–Crippen MR) is 78.6 cm³/mol. The van der Waals surface area contributed by atoms with Gasteiger partial charge in [-0.15, -0.1) is 0 Å². The van der Waals surface area contributed by atoms with Crippen LogP contribution in [0.1, 0.15) is 49.1 Å². The molecule has 1 aromatic rings. The summed E-state index contributed by atoms with van der Waals surface area (Å²) in [5, 5.41) is 0. The van der Waals surface area contributed by atoms with Gasteiger partial charge < -0.3 is 10.5 Å². The third kappa shape index (κ3) is 2.38. The minimum Gasteiger partial charge on any atom is -0.497 e. The molecule has 2 N–H and O–H groups in total. The van der Waals surface area contributed by atoms with Gasteiger partial charge in [-0.05, 0) is 73.2 Å². The summed E-state index contributed by atoms with van der Waals surface area (Å²) in [6.45, 7) is 0.831. The van der Waals surface area contributed by atoms with E-state index in [1.807, 2.05) is 0 Å². The molecule has 2 nitrogen and oxygen atoms in total. The quantitative estimate of drug-likeness (QED) is 0.902. The first-order chi connectivity index (χ1) is 9.33. The predicted octanol–water partition coefficient (Wildman–Crippen LogP) is 3.49. The van der Waals surface area contributed by atoms with Crippen molar-refractivity contribution in [3.8, 4) is 5.75 Å². The smallest absolute Gasteiger partial charge is 0.119 e. The second kappa shape index (κ2) is 5.54. The van der Waals surface area contributed by atoms with Gasteiger partial charge in [0, 0.05) is 0 Å². The number of aryl methyl sites for hydroxylation is 1. The molecule has 104 valence electrons. The van der Waals surface area contributed by atoms with E-state index < -0.39 is 0 Å². The molecule has 1 aromatic carbocycles. The molecule has 1 saturated carbocycles. The lowest BCUT2D eigenvalue weighted by Gasteiger charge is -2.37. The van der Waals surface area contributed by atoms with Crippen LogP contribution in [0.2, 0.25) is 0 Å². The summed E-state index contributed by atoms with van der Waals surface area (Å²) in [6, 6.07) is 6.65. The van der Waals surface area contributed by atoms with Crippen molar-refractivity contribution in [2.45, 2.75) is 44.4 Å². The van der Waals surface area contributed by atoms with E-state index in [2.05, 4.69) is 18.2 Å². The molecule has 0 aliphatic heterocycles. The molecule has 2 aliphatic carbocycles. The molecular formula is C17H25NO. The maximum Gasteiger partial charge on any atom is 0.119 e. The topological polar surface area (TPSA) is 35.2 Å². The second-order valence-electron chi connectivity index (χ2n) is 6.17. The number of fused-ring (bicyclic) bond motifs is 1. The summed E-state index contributed by atoms with van der Waals surface area (Å²) in [5.41, 5.74) is 9.12. The van der Waals surface area contributed by atoms with Crippen LogP contribution in [-0.2, 0) is 6.42 Å². The van der Waals surface area contributed by atoms with Crippen molar-refractivity contribution in [3.63, 3.8) is 0 Å². The Morgan fingerprint density at radius 1 is 1.21 bits per heavy atom. The molecular weight excluding hydrogens is 234 g/mol. The van der Waals surface area contributed by atoms with E-state index in [4.69, 9.17) is 10.5 Å². The summed E-state index contributed by atoms with van der Waals surface area (Å²) in [6.07, 6.45) is 8.02. The molecule has 2 aliphatic rings. The Labute approximate surface area is 116 Å². The first kappa shape index (κ1) is 13.0. The summed E-state index contributed by atoms with van der Waals surface area (Å²) in [5.74, 6) is 3.19. The average Bonchev–Trinajstić information content (AvgIpc) is 2.99. The van der Waals surface area contributed by atoms with Gasteiger partial charge in [0.15, 0.2) is 0 Å². The molecule has 0 aromatic heterocycles. The summed E-state index contributed by atoms with van der Waals surface area (Å²) in [4.78, 5) is 0. The molecule has 2 heteroatoms. The van der Waals surface area contributed by atoms with Crippen molar-refractivity contribution in [2.75, 3.05) is 13.7 Å². The highest BCUT2D eigenvalue weighted by atomic mass is 16.5. The number of nitrogens with two attached hydrogens (primary N) is 1. The molecule has 0 saturated heterocycles. The molecule has 3 rings (SSSR count). The maximum absolute atomic E-state index is 6.06. The summed E-state index contributed by atoms with van der Waals surface area (Å²) in [7, 11) is 1.76. The van der Waals surface area contributed by atoms with Gasteiger partial charge in [-0.25, -0.2) is 0 Å². The largest absolute Gasteiger partial charge is 0.497 e. The SMILES string of the molecule is COc1ccc2c(c1)C(C1CCCC1)C(CN)CC2. The van der Waals surface area contributed by atoms with Crippen molar-refractivity contribution < 1.29 is 4.74 Å². The minimum atomic E-state index is 0.669. The first-order valence-corrected chi connectivity index (χ1v) is 7.70. The van der Waals surface area contributed by atoms with E-state index in [0.717, 1.165) is 18.2 Å². The van der Waals surface area contributed by atoms with Crippen molar-refractivity contribution in [1.82, 2.24) is 0 Å². The Hall–Kier alpha value is -1.02. The van der Waals surface area contributed by atoms with Crippen molar-refractivity contribution in [3.05, 3.63) is 29.3 Å². The highest BCUT2D eigenvalue weighted by molar-refractivity contribution is 5.40.